The van der Waals surface area contributed by atoms with Crippen molar-refractivity contribution in [3.8, 4) is 5.75 Å². The monoisotopic (exact) mass is 341 g/mol. The van der Waals surface area contributed by atoms with E-state index in [-0.39, 0.29) is 17.6 Å². The van der Waals surface area contributed by atoms with E-state index in [2.05, 4.69) is 10.1 Å². The lowest BCUT2D eigenvalue weighted by atomic mass is 9.89. The van der Waals surface area contributed by atoms with Crippen molar-refractivity contribution in [1.82, 2.24) is 15.0 Å². The van der Waals surface area contributed by atoms with Crippen LogP contribution in [0.15, 0.2) is 16.7 Å². The number of piperidine rings is 1. The maximum atomic E-state index is 13.0. The Morgan fingerprint density at radius 3 is 2.72 bits per heavy atom. The van der Waals surface area contributed by atoms with Gasteiger partial charge in [0.1, 0.15) is 5.75 Å². The Morgan fingerprint density at radius 1 is 1.24 bits per heavy atom. The van der Waals surface area contributed by atoms with Crippen molar-refractivity contribution in [2.45, 2.75) is 51.4 Å². The van der Waals surface area contributed by atoms with Gasteiger partial charge in [0.15, 0.2) is 5.82 Å². The second-order valence-corrected chi connectivity index (χ2v) is 7.12. The number of amides is 1. The standard InChI is InChI=1S/C19H23N3O3/c1-12-20-18(25-21-12)15-7-4-8-22(11-15)19(24)16-9-13-5-2-3-6-14(13)10-17(16)23/h9-10,15,23H,2-8,11H2,1H3/t15-/m0/s1. The van der Waals surface area contributed by atoms with Gasteiger partial charge in [-0.2, -0.15) is 4.98 Å². The van der Waals surface area contributed by atoms with Crippen LogP contribution < -0.4 is 0 Å². The van der Waals surface area contributed by atoms with Crippen molar-refractivity contribution in [3.63, 3.8) is 0 Å². The molecule has 0 spiro atoms. The van der Waals surface area contributed by atoms with Gasteiger partial charge >= 0.3 is 0 Å². The van der Waals surface area contributed by atoms with Crippen LogP contribution in [0, 0.1) is 6.92 Å². The Morgan fingerprint density at radius 2 is 2.00 bits per heavy atom. The molecule has 6 heteroatoms. The Labute approximate surface area is 146 Å². The second-order valence-electron chi connectivity index (χ2n) is 7.12. The van der Waals surface area contributed by atoms with Gasteiger partial charge in [0, 0.05) is 13.1 Å². The number of carbonyl (C=O) groups is 1. The zero-order chi connectivity index (χ0) is 17.4. The van der Waals surface area contributed by atoms with E-state index in [0.29, 0.717) is 30.4 Å². The van der Waals surface area contributed by atoms with Crippen molar-refractivity contribution in [1.29, 1.82) is 0 Å². The van der Waals surface area contributed by atoms with E-state index < -0.39 is 0 Å². The summed E-state index contributed by atoms with van der Waals surface area (Å²) in [5.41, 5.74) is 2.80. The van der Waals surface area contributed by atoms with E-state index in [4.69, 9.17) is 4.52 Å². The van der Waals surface area contributed by atoms with Crippen LogP contribution in [0.4, 0.5) is 0 Å². The van der Waals surface area contributed by atoms with Gasteiger partial charge in [-0.15, -0.1) is 0 Å². The van der Waals surface area contributed by atoms with Gasteiger partial charge in [-0.05, 0) is 68.7 Å². The molecule has 1 aliphatic heterocycles. The van der Waals surface area contributed by atoms with Crippen molar-refractivity contribution in [3.05, 3.63) is 40.5 Å². The minimum absolute atomic E-state index is 0.0682. The number of carbonyl (C=O) groups excluding carboxylic acids is 1. The highest BCUT2D eigenvalue weighted by Crippen LogP contribution is 2.31. The largest absolute Gasteiger partial charge is 0.507 e. The zero-order valence-electron chi connectivity index (χ0n) is 14.5. The maximum Gasteiger partial charge on any atom is 0.257 e. The summed E-state index contributed by atoms with van der Waals surface area (Å²) in [6.45, 7) is 3.04. The Kier molecular flexibility index (Phi) is 4.19. The summed E-state index contributed by atoms with van der Waals surface area (Å²) < 4.78 is 5.29. The number of nitrogens with zero attached hydrogens (tertiary/aromatic N) is 3. The molecule has 1 aromatic carbocycles. The first kappa shape index (κ1) is 16.1. The topological polar surface area (TPSA) is 79.5 Å². The molecule has 132 valence electrons. The number of phenolic OH excluding ortho intramolecular Hbond substituents is 1. The molecule has 0 saturated carbocycles. The molecule has 1 N–H and O–H groups in total. The average molecular weight is 341 g/mol. The van der Waals surface area contributed by atoms with Crippen molar-refractivity contribution < 1.29 is 14.4 Å². The van der Waals surface area contributed by atoms with E-state index in [1.165, 1.54) is 11.1 Å². The number of rotatable bonds is 2. The zero-order valence-corrected chi connectivity index (χ0v) is 14.5. The third-order valence-electron chi connectivity index (χ3n) is 5.29. The Bertz CT molecular complexity index is 799. The second kappa shape index (κ2) is 6.50. The molecule has 0 unspecified atom stereocenters. The minimum atomic E-state index is -0.105. The fourth-order valence-electron chi connectivity index (χ4n) is 3.96. The molecule has 0 radical (unpaired) electrons. The van der Waals surface area contributed by atoms with E-state index in [9.17, 15) is 9.90 Å². The van der Waals surface area contributed by atoms with Gasteiger partial charge in [-0.25, -0.2) is 0 Å². The molecule has 2 aromatic rings. The minimum Gasteiger partial charge on any atom is -0.507 e. The molecule has 1 amide bonds. The van der Waals surface area contributed by atoms with E-state index in [1.807, 2.05) is 6.07 Å². The first-order chi connectivity index (χ1) is 12.1. The molecule has 1 fully saturated rings. The van der Waals surface area contributed by atoms with Crippen LogP contribution in [-0.2, 0) is 12.8 Å². The molecule has 1 atom stereocenters. The third-order valence-corrected chi connectivity index (χ3v) is 5.29. The van der Waals surface area contributed by atoms with E-state index >= 15 is 0 Å². The number of phenols is 1. The lowest BCUT2D eigenvalue weighted by Crippen LogP contribution is -2.39. The number of aryl methyl sites for hydroxylation is 3. The van der Waals surface area contributed by atoms with Crippen molar-refractivity contribution in [2.24, 2.45) is 0 Å². The van der Waals surface area contributed by atoms with Crippen LogP contribution in [0.3, 0.4) is 0 Å². The van der Waals surface area contributed by atoms with E-state index in [0.717, 1.165) is 38.5 Å². The molecule has 2 aliphatic rings. The van der Waals surface area contributed by atoms with Gasteiger partial charge in [0.2, 0.25) is 5.89 Å². The van der Waals surface area contributed by atoms with Crippen LogP contribution in [0.1, 0.15) is 64.8 Å². The number of aromatic hydroxyl groups is 1. The SMILES string of the molecule is Cc1noc([C@H]2CCCN(C(=O)c3cc4c(cc3O)CCCC4)C2)n1. The highest BCUT2D eigenvalue weighted by atomic mass is 16.5. The summed E-state index contributed by atoms with van der Waals surface area (Å²) >= 11 is 0. The molecule has 25 heavy (non-hydrogen) atoms. The molecule has 6 nitrogen and oxygen atoms in total. The highest BCUT2D eigenvalue weighted by molar-refractivity contribution is 5.97. The number of likely N-dealkylation sites (tertiary alicyclic amines) is 1. The number of benzene rings is 1. The highest BCUT2D eigenvalue weighted by Gasteiger charge is 2.30. The van der Waals surface area contributed by atoms with Gasteiger partial charge in [-0.3, -0.25) is 4.79 Å². The predicted octanol–water partition coefficient (Wildman–Crippen LogP) is 2.98. The lowest BCUT2D eigenvalue weighted by molar-refractivity contribution is 0.0692. The van der Waals surface area contributed by atoms with Crippen LogP contribution in [0.2, 0.25) is 0 Å². The van der Waals surface area contributed by atoms with Crippen molar-refractivity contribution >= 4 is 5.91 Å². The summed E-state index contributed by atoms with van der Waals surface area (Å²) in [6.07, 6.45) is 6.09. The average Bonchev–Trinajstić information content (AvgIpc) is 3.07. The number of hydrogen-bond acceptors (Lipinski definition) is 5. The van der Waals surface area contributed by atoms with Crippen molar-refractivity contribution in [2.75, 3.05) is 13.1 Å². The van der Waals surface area contributed by atoms with Crippen LogP contribution in [-0.4, -0.2) is 39.1 Å². The molecule has 1 aliphatic carbocycles. The van der Waals surface area contributed by atoms with Crippen LogP contribution in [0.25, 0.3) is 0 Å². The molecular formula is C19H23N3O3. The van der Waals surface area contributed by atoms with Crippen LogP contribution >= 0.6 is 0 Å². The van der Waals surface area contributed by atoms with Gasteiger partial charge in [-0.1, -0.05) is 5.16 Å². The van der Waals surface area contributed by atoms with Gasteiger partial charge < -0.3 is 14.5 Å². The van der Waals surface area contributed by atoms with Crippen LogP contribution in [0.5, 0.6) is 5.75 Å². The number of aromatic nitrogens is 2. The Balaban J connectivity index is 1.56. The van der Waals surface area contributed by atoms with Gasteiger partial charge in [0.25, 0.3) is 5.91 Å². The molecule has 4 rings (SSSR count). The summed E-state index contributed by atoms with van der Waals surface area (Å²) in [5.74, 6) is 1.28. The fourth-order valence-corrected chi connectivity index (χ4v) is 3.96. The summed E-state index contributed by atoms with van der Waals surface area (Å²) in [6, 6.07) is 3.68. The number of fused-ring (bicyclic) bond motifs is 1. The first-order valence-corrected chi connectivity index (χ1v) is 9.06. The fraction of sp³-hybridized carbons (Fsp3) is 0.526. The predicted molar refractivity (Wildman–Crippen MR) is 91.7 cm³/mol. The quantitative estimate of drug-likeness (QED) is 0.908. The molecular weight excluding hydrogens is 318 g/mol. The normalized spacial score (nSPS) is 20.4. The molecule has 2 heterocycles. The molecule has 0 bridgehead atoms. The lowest BCUT2D eigenvalue weighted by Gasteiger charge is -2.31. The third kappa shape index (κ3) is 3.13. The maximum absolute atomic E-state index is 13.0. The van der Waals surface area contributed by atoms with Gasteiger partial charge in [0.05, 0.1) is 11.5 Å². The smallest absolute Gasteiger partial charge is 0.257 e. The Hall–Kier alpha value is -2.37. The molecule has 1 saturated heterocycles. The number of hydrogen-bond donors (Lipinski definition) is 1. The summed E-state index contributed by atoms with van der Waals surface area (Å²) in [4.78, 5) is 19.1. The molecule has 1 aromatic heterocycles. The summed E-state index contributed by atoms with van der Waals surface area (Å²) in [5, 5.41) is 14.2. The first-order valence-electron chi connectivity index (χ1n) is 9.06. The summed E-state index contributed by atoms with van der Waals surface area (Å²) in [7, 11) is 0. The van der Waals surface area contributed by atoms with E-state index in [1.54, 1.807) is 17.9 Å².